The topological polar surface area (TPSA) is 12.4 Å². The van der Waals surface area contributed by atoms with Gasteiger partial charge < -0.3 is 0 Å². The molecule has 1 atom stereocenters. The van der Waals surface area contributed by atoms with Gasteiger partial charge in [0.05, 0.1) is 0 Å². The monoisotopic (exact) mass is 197 g/mol. The van der Waals surface area contributed by atoms with E-state index >= 15 is 0 Å². The Kier molecular flexibility index (Phi) is 2.43. The Balaban J connectivity index is 2.13. The lowest BCUT2D eigenvalue weighted by atomic mass is 9.73. The van der Waals surface area contributed by atoms with Crippen molar-refractivity contribution in [2.75, 3.05) is 12.3 Å². The molecule has 0 bridgehead atoms. The van der Waals surface area contributed by atoms with Crippen molar-refractivity contribution in [1.29, 1.82) is 0 Å². The van der Waals surface area contributed by atoms with E-state index < -0.39 is 0 Å². The minimum absolute atomic E-state index is 0.474. The van der Waals surface area contributed by atoms with E-state index in [1.807, 2.05) is 0 Å². The number of hydrogen-bond acceptors (Lipinski definition) is 2. The van der Waals surface area contributed by atoms with Crippen LogP contribution in [0.25, 0.3) is 0 Å². The fourth-order valence-corrected chi connectivity index (χ4v) is 4.14. The molecular weight excluding hydrogens is 178 g/mol. The van der Waals surface area contributed by atoms with Gasteiger partial charge in [-0.25, -0.2) is 0 Å². The van der Waals surface area contributed by atoms with Crippen molar-refractivity contribution < 1.29 is 0 Å². The highest BCUT2D eigenvalue weighted by Gasteiger charge is 2.39. The highest BCUT2D eigenvalue weighted by molar-refractivity contribution is 8.00. The standard InChI is InChI=1S/C11H19NS/c1-10(2)8-11(5-7-13-10)4-3-6-12-9-11/h9H,3-8H2,1-2H3/t11-/m1/s1. The molecule has 13 heavy (non-hydrogen) atoms. The van der Waals surface area contributed by atoms with E-state index in [4.69, 9.17) is 0 Å². The van der Waals surface area contributed by atoms with Gasteiger partial charge in [-0.2, -0.15) is 11.8 Å². The fraction of sp³-hybridized carbons (Fsp3) is 0.909. The molecule has 0 unspecified atom stereocenters. The average molecular weight is 197 g/mol. The van der Waals surface area contributed by atoms with E-state index in [1.165, 1.54) is 31.4 Å². The van der Waals surface area contributed by atoms with Gasteiger partial charge in [0.15, 0.2) is 0 Å². The highest BCUT2D eigenvalue weighted by atomic mass is 32.2. The predicted octanol–water partition coefficient (Wildman–Crippen LogP) is 3.14. The Morgan fingerprint density at radius 1 is 1.31 bits per heavy atom. The molecule has 2 rings (SSSR count). The van der Waals surface area contributed by atoms with Crippen LogP contribution in [0.4, 0.5) is 0 Å². The summed E-state index contributed by atoms with van der Waals surface area (Å²) in [4.78, 5) is 4.49. The molecule has 1 fully saturated rings. The quantitative estimate of drug-likeness (QED) is 0.581. The van der Waals surface area contributed by atoms with Gasteiger partial charge in [-0.15, -0.1) is 0 Å². The normalized spacial score (nSPS) is 38.0. The zero-order chi connectivity index (χ0) is 9.36. The van der Waals surface area contributed by atoms with E-state index in [0.29, 0.717) is 10.2 Å². The molecule has 1 saturated heterocycles. The first kappa shape index (κ1) is 9.57. The van der Waals surface area contributed by atoms with E-state index in [2.05, 4.69) is 36.8 Å². The van der Waals surface area contributed by atoms with E-state index in [1.54, 1.807) is 0 Å². The molecule has 0 N–H and O–H groups in total. The Labute approximate surface area is 85.4 Å². The first-order valence-corrected chi connectivity index (χ1v) is 6.26. The number of aliphatic imine (C=N–C) groups is 1. The molecule has 2 heteroatoms. The summed E-state index contributed by atoms with van der Waals surface area (Å²) in [6, 6.07) is 0. The summed E-state index contributed by atoms with van der Waals surface area (Å²) in [5.74, 6) is 1.32. The molecule has 0 amide bonds. The molecule has 1 nitrogen and oxygen atoms in total. The largest absolute Gasteiger partial charge is 0.297 e. The van der Waals surface area contributed by atoms with Crippen LogP contribution in [0.15, 0.2) is 4.99 Å². The summed E-state index contributed by atoms with van der Waals surface area (Å²) in [5, 5.41) is 0. The Hall–Kier alpha value is 0.0200. The summed E-state index contributed by atoms with van der Waals surface area (Å²) in [6.07, 6.45) is 7.63. The molecule has 0 aromatic heterocycles. The second-order valence-corrected chi connectivity index (χ2v) is 6.84. The molecule has 0 aliphatic carbocycles. The second kappa shape index (κ2) is 3.30. The third-order valence-electron chi connectivity index (χ3n) is 3.20. The van der Waals surface area contributed by atoms with E-state index in [9.17, 15) is 0 Å². The maximum atomic E-state index is 4.49. The van der Waals surface area contributed by atoms with Crippen LogP contribution in [0.3, 0.4) is 0 Å². The van der Waals surface area contributed by atoms with Crippen LogP contribution in [0.5, 0.6) is 0 Å². The maximum Gasteiger partial charge on any atom is 0.0385 e. The lowest BCUT2D eigenvalue weighted by Crippen LogP contribution is -2.38. The van der Waals surface area contributed by atoms with Gasteiger partial charge in [-0.3, -0.25) is 4.99 Å². The molecule has 2 aliphatic heterocycles. The lowest BCUT2D eigenvalue weighted by molar-refractivity contribution is 0.295. The number of hydrogen-bond donors (Lipinski definition) is 0. The summed E-state index contributed by atoms with van der Waals surface area (Å²) in [6.45, 7) is 5.82. The van der Waals surface area contributed by atoms with Crippen LogP contribution in [0.1, 0.15) is 39.5 Å². The van der Waals surface area contributed by atoms with Crippen molar-refractivity contribution in [2.45, 2.75) is 44.3 Å². The van der Waals surface area contributed by atoms with Gasteiger partial charge >= 0.3 is 0 Å². The number of thioether (sulfide) groups is 1. The predicted molar refractivity (Wildman–Crippen MR) is 60.8 cm³/mol. The van der Waals surface area contributed by atoms with Gasteiger partial charge in [0.2, 0.25) is 0 Å². The molecule has 74 valence electrons. The summed E-state index contributed by atoms with van der Waals surface area (Å²) in [5.41, 5.74) is 0.479. The average Bonchev–Trinajstić information content (AvgIpc) is 2.03. The highest BCUT2D eigenvalue weighted by Crippen LogP contribution is 2.47. The molecule has 0 saturated carbocycles. The van der Waals surface area contributed by atoms with Crippen LogP contribution >= 0.6 is 11.8 Å². The van der Waals surface area contributed by atoms with Gasteiger partial charge in [0.25, 0.3) is 0 Å². The van der Waals surface area contributed by atoms with Gasteiger partial charge in [-0.05, 0) is 31.4 Å². The fourth-order valence-electron chi connectivity index (χ4n) is 2.69. The van der Waals surface area contributed by atoms with Crippen molar-refractivity contribution >= 4 is 18.0 Å². The molecule has 0 radical (unpaired) electrons. The van der Waals surface area contributed by atoms with Crippen LogP contribution in [-0.2, 0) is 0 Å². The smallest absolute Gasteiger partial charge is 0.0385 e. The molecule has 2 heterocycles. The van der Waals surface area contributed by atoms with E-state index in [-0.39, 0.29) is 0 Å². The van der Waals surface area contributed by atoms with Crippen molar-refractivity contribution in [2.24, 2.45) is 10.4 Å². The van der Waals surface area contributed by atoms with Crippen LogP contribution < -0.4 is 0 Å². The van der Waals surface area contributed by atoms with Crippen molar-refractivity contribution in [3.05, 3.63) is 0 Å². The van der Waals surface area contributed by atoms with Gasteiger partial charge in [0.1, 0.15) is 0 Å². The minimum atomic E-state index is 0.474. The van der Waals surface area contributed by atoms with Crippen LogP contribution in [0, 0.1) is 5.41 Å². The minimum Gasteiger partial charge on any atom is -0.297 e. The third kappa shape index (κ3) is 2.09. The molecular formula is C11H19NS. The van der Waals surface area contributed by atoms with E-state index in [0.717, 1.165) is 6.54 Å². The Bertz CT molecular complexity index is 222. The number of nitrogens with zero attached hydrogens (tertiary/aromatic N) is 1. The lowest BCUT2D eigenvalue weighted by Gasteiger charge is -2.43. The van der Waals surface area contributed by atoms with Gasteiger partial charge in [0, 0.05) is 22.9 Å². The molecule has 0 aromatic carbocycles. The van der Waals surface area contributed by atoms with Crippen LogP contribution in [0.2, 0.25) is 0 Å². The first-order chi connectivity index (χ1) is 6.12. The Morgan fingerprint density at radius 2 is 2.15 bits per heavy atom. The summed E-state index contributed by atoms with van der Waals surface area (Å²) in [7, 11) is 0. The van der Waals surface area contributed by atoms with Crippen molar-refractivity contribution in [1.82, 2.24) is 0 Å². The summed E-state index contributed by atoms with van der Waals surface area (Å²) >= 11 is 2.13. The maximum absolute atomic E-state index is 4.49. The zero-order valence-corrected chi connectivity index (χ0v) is 9.49. The molecule has 1 spiro atoms. The van der Waals surface area contributed by atoms with Crippen molar-refractivity contribution in [3.63, 3.8) is 0 Å². The zero-order valence-electron chi connectivity index (χ0n) is 8.68. The van der Waals surface area contributed by atoms with Crippen LogP contribution in [-0.4, -0.2) is 23.3 Å². The summed E-state index contributed by atoms with van der Waals surface area (Å²) < 4.78 is 0.474. The van der Waals surface area contributed by atoms with Crippen molar-refractivity contribution in [3.8, 4) is 0 Å². The molecule has 2 aliphatic rings. The SMILES string of the molecule is CC1(C)C[C@]2(C=NCCC2)CCS1. The number of rotatable bonds is 0. The second-order valence-electron chi connectivity index (χ2n) is 5.04. The first-order valence-electron chi connectivity index (χ1n) is 5.27. The molecule has 0 aromatic rings. The Morgan fingerprint density at radius 3 is 2.77 bits per heavy atom. The van der Waals surface area contributed by atoms with Gasteiger partial charge in [-0.1, -0.05) is 13.8 Å². The third-order valence-corrected chi connectivity index (χ3v) is 4.53.